The van der Waals surface area contributed by atoms with Crippen LogP contribution in [-0.4, -0.2) is 24.6 Å². The van der Waals surface area contributed by atoms with Gasteiger partial charge >= 0.3 is 18.0 Å². The summed E-state index contributed by atoms with van der Waals surface area (Å²) in [5, 5.41) is 0. The molecule has 12 heavy (non-hydrogen) atoms. The Bertz CT molecular complexity index is 273. The molecule has 1 aromatic rings. The second-order valence-corrected chi connectivity index (χ2v) is 2.25. The molecule has 1 atom stereocenters. The van der Waals surface area contributed by atoms with Crippen molar-refractivity contribution in [1.29, 1.82) is 0 Å². The first-order chi connectivity index (χ1) is 4.97. The number of fused-ring (bicyclic) bond motifs is 1. The normalized spacial score (nSPS) is 11.7. The van der Waals surface area contributed by atoms with E-state index in [1.54, 1.807) is 0 Å². The summed E-state index contributed by atoms with van der Waals surface area (Å²) in [5.41, 5.74) is 1.17. The molecule has 0 spiro atoms. The summed E-state index contributed by atoms with van der Waals surface area (Å²) >= 11 is 0. The molecule has 1 heterocycles. The van der Waals surface area contributed by atoms with Crippen LogP contribution in [0.2, 0.25) is 0 Å². The molecular weight excluding hydrogens is 263 g/mol. The summed E-state index contributed by atoms with van der Waals surface area (Å²) in [6.07, 6.45) is 4.10. The molecule has 1 aliphatic heterocycles. The van der Waals surface area contributed by atoms with Crippen LogP contribution in [0.5, 0.6) is 5.75 Å². The monoisotopic (exact) mass is 273 g/mol. The van der Waals surface area contributed by atoms with Crippen LogP contribution in [0.3, 0.4) is 0 Å². The zero-order valence-corrected chi connectivity index (χ0v) is 10.5. The van der Waals surface area contributed by atoms with Crippen molar-refractivity contribution in [1.82, 2.24) is 0 Å². The zero-order valence-electron chi connectivity index (χ0n) is 6.59. The fraction of sp³-hybridized carbons (Fsp3) is 0.111. The van der Waals surface area contributed by atoms with Gasteiger partial charge in [-0.3, -0.25) is 0 Å². The molecule has 69 valence electrons. The third-order valence-electron chi connectivity index (χ3n) is 1.55. The topological polar surface area (TPSA) is 9.23 Å². The molecule has 1 unspecified atom stereocenters. The average molecular weight is 274 g/mol. The third-order valence-corrected chi connectivity index (χ3v) is 1.55. The Morgan fingerprint density at radius 1 is 1.17 bits per heavy atom. The first-order valence-electron chi connectivity index (χ1n) is 3.35. The van der Waals surface area contributed by atoms with Gasteiger partial charge in [-0.2, -0.15) is 0 Å². The standard InChI is InChI=1S/C9H8O.AsH3.Cu/c1-2-6-9-8(4-1)5-3-7-10-9;;/h1-6H,7H2;1H3;. The molecule has 0 N–H and O–H groups in total. The Morgan fingerprint density at radius 2 is 1.92 bits per heavy atom. The fourth-order valence-corrected chi connectivity index (χ4v) is 1.06. The first kappa shape index (κ1) is 11.8. The molecule has 1 nitrogen and oxygen atoms in total. The van der Waals surface area contributed by atoms with E-state index in [9.17, 15) is 0 Å². The van der Waals surface area contributed by atoms with E-state index in [-0.39, 0.29) is 35.0 Å². The molecular formula is C9H11AsCuO. The Labute approximate surface area is 94.0 Å². The van der Waals surface area contributed by atoms with Gasteiger partial charge in [-0.15, -0.1) is 0 Å². The molecule has 0 amide bonds. The summed E-state index contributed by atoms with van der Waals surface area (Å²) in [4.78, 5) is 0. The summed E-state index contributed by atoms with van der Waals surface area (Å²) in [7, 11) is 0. The summed E-state index contributed by atoms with van der Waals surface area (Å²) in [5.74, 6) is 0.991. The predicted octanol–water partition coefficient (Wildman–Crippen LogP) is 0.906. The Morgan fingerprint density at radius 3 is 2.67 bits per heavy atom. The summed E-state index contributed by atoms with van der Waals surface area (Å²) in [6.45, 7) is 0.705. The third kappa shape index (κ3) is 2.41. The van der Waals surface area contributed by atoms with Gasteiger partial charge in [0.15, 0.2) is 0 Å². The molecule has 0 aromatic heterocycles. The van der Waals surface area contributed by atoms with Crippen molar-refractivity contribution in [2.24, 2.45) is 0 Å². The first-order valence-corrected chi connectivity index (χ1v) is 3.35. The van der Waals surface area contributed by atoms with Crippen molar-refractivity contribution in [3.8, 4) is 5.75 Å². The van der Waals surface area contributed by atoms with Gasteiger partial charge in [-0.05, 0) is 12.1 Å². The van der Waals surface area contributed by atoms with Gasteiger partial charge in [-0.1, -0.05) is 24.3 Å². The van der Waals surface area contributed by atoms with Gasteiger partial charge in [0.05, 0.1) is 0 Å². The largest absolute Gasteiger partial charge is 0 e. The van der Waals surface area contributed by atoms with E-state index in [0.717, 1.165) is 5.75 Å². The van der Waals surface area contributed by atoms with Crippen LogP contribution >= 0.6 is 0 Å². The van der Waals surface area contributed by atoms with E-state index in [1.807, 2.05) is 30.3 Å². The molecule has 1 aliphatic rings. The predicted molar refractivity (Wildman–Crippen MR) is 50.9 cm³/mol. The van der Waals surface area contributed by atoms with Crippen molar-refractivity contribution in [3.63, 3.8) is 0 Å². The average Bonchev–Trinajstić information content (AvgIpc) is 2.05. The molecule has 3 heteroatoms. The smallest absolute Gasteiger partial charge is 0 e. The molecule has 2 rings (SSSR count). The van der Waals surface area contributed by atoms with Crippen LogP contribution in [0.25, 0.3) is 6.08 Å². The minimum Gasteiger partial charge on any atom is 0 e. The van der Waals surface area contributed by atoms with Gasteiger partial charge in [0, 0.05) is 22.6 Å². The van der Waals surface area contributed by atoms with Crippen molar-refractivity contribution in [2.45, 2.75) is 0 Å². The number of benzene rings is 1. The van der Waals surface area contributed by atoms with E-state index < -0.39 is 0 Å². The van der Waals surface area contributed by atoms with E-state index in [2.05, 4.69) is 6.08 Å². The molecule has 1 aromatic carbocycles. The van der Waals surface area contributed by atoms with Crippen LogP contribution in [0.15, 0.2) is 30.3 Å². The number of hydrogen-bond donors (Lipinski definition) is 0. The van der Waals surface area contributed by atoms with Gasteiger partial charge in [0.2, 0.25) is 0 Å². The van der Waals surface area contributed by atoms with Gasteiger partial charge in [-0.25, -0.2) is 0 Å². The van der Waals surface area contributed by atoms with E-state index in [0.29, 0.717) is 6.61 Å². The Kier molecular flexibility index (Phi) is 5.40. The number of ether oxygens (including phenoxy) is 1. The second kappa shape index (κ2) is 5.48. The number of hydrogen-bond acceptors (Lipinski definition) is 1. The molecule has 1 radical (unpaired) electrons. The van der Waals surface area contributed by atoms with Crippen molar-refractivity contribution in [2.75, 3.05) is 6.61 Å². The van der Waals surface area contributed by atoms with E-state index >= 15 is 0 Å². The van der Waals surface area contributed by atoms with Crippen LogP contribution < -0.4 is 4.74 Å². The van der Waals surface area contributed by atoms with Gasteiger partial charge < -0.3 is 4.74 Å². The molecule has 0 saturated heterocycles. The molecule has 0 bridgehead atoms. The minimum atomic E-state index is 0. The van der Waals surface area contributed by atoms with Crippen LogP contribution in [0.1, 0.15) is 5.56 Å². The fourth-order valence-electron chi connectivity index (χ4n) is 1.06. The van der Waals surface area contributed by atoms with Crippen LogP contribution in [-0.2, 0) is 17.1 Å². The van der Waals surface area contributed by atoms with E-state index in [1.165, 1.54) is 5.56 Å². The summed E-state index contributed by atoms with van der Waals surface area (Å²) in [6, 6.07) is 8.03. The van der Waals surface area contributed by atoms with Crippen LogP contribution in [0, 0.1) is 0 Å². The Balaban J connectivity index is 0.000000605. The molecule has 0 saturated carbocycles. The van der Waals surface area contributed by atoms with Crippen LogP contribution in [0.4, 0.5) is 0 Å². The Hall–Kier alpha value is -0.162. The quantitative estimate of drug-likeness (QED) is 0.639. The molecule has 0 fully saturated rings. The minimum absolute atomic E-state index is 0. The van der Waals surface area contributed by atoms with Crippen molar-refractivity contribution >= 4 is 24.0 Å². The second-order valence-electron chi connectivity index (χ2n) is 2.25. The number of para-hydroxylation sites is 1. The van der Waals surface area contributed by atoms with E-state index in [4.69, 9.17) is 4.74 Å². The van der Waals surface area contributed by atoms with Gasteiger partial charge in [0.25, 0.3) is 0 Å². The SMILES string of the molecule is C1=Cc2ccccc2OC1.[AsH3].[Cu]. The summed E-state index contributed by atoms with van der Waals surface area (Å²) < 4.78 is 5.34. The maximum Gasteiger partial charge on any atom is 0 e. The number of rotatable bonds is 0. The van der Waals surface area contributed by atoms with Crippen molar-refractivity contribution in [3.05, 3.63) is 35.9 Å². The molecule has 0 aliphatic carbocycles. The zero-order chi connectivity index (χ0) is 6.81. The maximum absolute atomic E-state index is 5.34. The maximum atomic E-state index is 5.34. The van der Waals surface area contributed by atoms with Crippen molar-refractivity contribution < 1.29 is 21.8 Å². The van der Waals surface area contributed by atoms with Gasteiger partial charge in [0.1, 0.15) is 12.4 Å².